The van der Waals surface area contributed by atoms with Crippen molar-refractivity contribution in [2.75, 3.05) is 26.2 Å². The number of thiophene rings is 1. The monoisotopic (exact) mass is 328 g/mol. The molecule has 0 bridgehead atoms. The number of aromatic nitrogens is 2. The third kappa shape index (κ3) is 2.80. The molecule has 1 fully saturated rings. The molecule has 0 spiro atoms. The summed E-state index contributed by atoms with van der Waals surface area (Å²) < 4.78 is 6.35. The van der Waals surface area contributed by atoms with E-state index in [2.05, 4.69) is 36.3 Å². The van der Waals surface area contributed by atoms with Gasteiger partial charge in [-0.3, -0.25) is 4.90 Å². The molecule has 1 saturated heterocycles. The molecule has 18 heavy (non-hydrogen) atoms. The average molecular weight is 329 g/mol. The highest BCUT2D eigenvalue weighted by Crippen LogP contribution is 2.27. The van der Waals surface area contributed by atoms with E-state index in [0.717, 1.165) is 42.1 Å². The maximum absolute atomic E-state index is 5.30. The molecule has 96 valence electrons. The molecule has 0 radical (unpaired) electrons. The zero-order chi connectivity index (χ0) is 12.4. The molecule has 7 heteroatoms. The fourth-order valence-corrected chi connectivity index (χ4v) is 3.26. The van der Waals surface area contributed by atoms with E-state index in [-0.39, 0.29) is 0 Å². The number of hydrogen-bond donors (Lipinski definition) is 1. The minimum atomic E-state index is 0.677. The summed E-state index contributed by atoms with van der Waals surface area (Å²) in [5.41, 5.74) is 0. The van der Waals surface area contributed by atoms with E-state index in [1.807, 2.05) is 11.4 Å². The topological polar surface area (TPSA) is 54.2 Å². The molecule has 2 aromatic rings. The van der Waals surface area contributed by atoms with Gasteiger partial charge in [-0.25, -0.2) is 0 Å². The minimum absolute atomic E-state index is 0.677. The second-order valence-corrected chi connectivity index (χ2v) is 5.99. The molecule has 0 atom stereocenters. The fraction of sp³-hybridized carbons (Fsp3) is 0.455. The van der Waals surface area contributed by atoms with Gasteiger partial charge in [-0.05, 0) is 22.0 Å². The Labute approximate surface area is 117 Å². The number of hydrogen-bond acceptors (Lipinski definition) is 6. The normalized spacial score (nSPS) is 17.2. The van der Waals surface area contributed by atoms with Crippen LogP contribution in [0.5, 0.6) is 0 Å². The summed E-state index contributed by atoms with van der Waals surface area (Å²) in [7, 11) is 0. The van der Waals surface area contributed by atoms with Crippen LogP contribution in [0.2, 0.25) is 0 Å². The second-order valence-electron chi connectivity index (χ2n) is 4.17. The summed E-state index contributed by atoms with van der Waals surface area (Å²) in [5, 5.41) is 9.36. The van der Waals surface area contributed by atoms with E-state index < -0.39 is 0 Å². The van der Waals surface area contributed by atoms with Crippen LogP contribution in [-0.4, -0.2) is 41.2 Å². The molecule has 5 nitrogen and oxygen atoms in total. The fourth-order valence-electron chi connectivity index (χ4n) is 1.91. The van der Waals surface area contributed by atoms with E-state index in [9.17, 15) is 0 Å². The Kier molecular flexibility index (Phi) is 3.74. The first-order valence-corrected chi connectivity index (χ1v) is 7.48. The summed E-state index contributed by atoms with van der Waals surface area (Å²) >= 11 is 5.03. The summed E-state index contributed by atoms with van der Waals surface area (Å²) in [4.78, 5) is 7.78. The van der Waals surface area contributed by atoms with E-state index in [0.29, 0.717) is 11.7 Å². The largest absolute Gasteiger partial charge is 0.338 e. The van der Waals surface area contributed by atoms with Gasteiger partial charge in [0.15, 0.2) is 0 Å². The predicted molar refractivity (Wildman–Crippen MR) is 73.5 cm³/mol. The van der Waals surface area contributed by atoms with Crippen LogP contribution in [0.15, 0.2) is 20.4 Å². The van der Waals surface area contributed by atoms with E-state index >= 15 is 0 Å². The van der Waals surface area contributed by atoms with Gasteiger partial charge in [0.05, 0.1) is 11.4 Å². The lowest BCUT2D eigenvalue weighted by atomic mass is 10.3. The molecule has 2 aromatic heterocycles. The Morgan fingerprint density at radius 2 is 2.28 bits per heavy atom. The lowest BCUT2D eigenvalue weighted by Gasteiger charge is -2.25. The summed E-state index contributed by atoms with van der Waals surface area (Å²) in [6, 6.07) is 2.00. The Hall–Kier alpha value is -0.760. The first-order chi connectivity index (χ1) is 8.81. The molecule has 0 aliphatic carbocycles. The molecule has 0 saturated carbocycles. The maximum atomic E-state index is 5.30. The van der Waals surface area contributed by atoms with Crippen LogP contribution in [0.25, 0.3) is 10.7 Å². The molecular formula is C11H13BrN4OS. The highest BCUT2D eigenvalue weighted by Gasteiger charge is 2.15. The van der Waals surface area contributed by atoms with Crippen LogP contribution in [0.1, 0.15) is 5.89 Å². The van der Waals surface area contributed by atoms with Gasteiger partial charge in [0, 0.05) is 36.0 Å². The average Bonchev–Trinajstić information content (AvgIpc) is 2.99. The minimum Gasteiger partial charge on any atom is -0.338 e. The van der Waals surface area contributed by atoms with Crippen LogP contribution < -0.4 is 5.32 Å². The maximum Gasteiger partial charge on any atom is 0.241 e. The van der Waals surface area contributed by atoms with Gasteiger partial charge in [0.1, 0.15) is 0 Å². The van der Waals surface area contributed by atoms with Crippen LogP contribution in [-0.2, 0) is 6.54 Å². The Morgan fingerprint density at radius 3 is 3.00 bits per heavy atom. The van der Waals surface area contributed by atoms with Crippen molar-refractivity contribution in [1.82, 2.24) is 20.4 Å². The standard InChI is InChI=1S/C11H13BrN4OS/c12-8-5-9(18-7-8)11-14-10(17-15-11)6-16-3-1-13-2-4-16/h5,7,13H,1-4,6H2. The van der Waals surface area contributed by atoms with Crippen molar-refractivity contribution in [3.05, 3.63) is 21.8 Å². The number of nitrogens with one attached hydrogen (secondary N) is 1. The van der Waals surface area contributed by atoms with Gasteiger partial charge in [0.25, 0.3) is 0 Å². The third-order valence-electron chi connectivity index (χ3n) is 2.82. The van der Waals surface area contributed by atoms with Crippen molar-refractivity contribution in [2.45, 2.75) is 6.54 Å². The first kappa shape index (κ1) is 12.3. The predicted octanol–water partition coefficient (Wildman–Crippen LogP) is 1.97. The van der Waals surface area contributed by atoms with Gasteiger partial charge in [-0.1, -0.05) is 5.16 Å². The van der Waals surface area contributed by atoms with Gasteiger partial charge in [0.2, 0.25) is 11.7 Å². The van der Waals surface area contributed by atoms with Crippen molar-refractivity contribution >= 4 is 27.3 Å². The van der Waals surface area contributed by atoms with Crippen molar-refractivity contribution in [3.63, 3.8) is 0 Å². The van der Waals surface area contributed by atoms with Crippen LogP contribution in [0.4, 0.5) is 0 Å². The number of halogens is 1. The van der Waals surface area contributed by atoms with Gasteiger partial charge >= 0.3 is 0 Å². The van der Waals surface area contributed by atoms with Gasteiger partial charge < -0.3 is 9.84 Å². The zero-order valence-electron chi connectivity index (χ0n) is 9.73. The molecule has 0 unspecified atom stereocenters. The Balaban J connectivity index is 1.69. The molecule has 1 aliphatic heterocycles. The Morgan fingerprint density at radius 1 is 1.44 bits per heavy atom. The van der Waals surface area contributed by atoms with Crippen molar-refractivity contribution in [2.24, 2.45) is 0 Å². The first-order valence-electron chi connectivity index (χ1n) is 5.81. The summed E-state index contributed by atoms with van der Waals surface area (Å²) in [6.45, 7) is 4.85. The van der Waals surface area contributed by atoms with Gasteiger partial charge in [-0.2, -0.15) is 4.98 Å². The van der Waals surface area contributed by atoms with Gasteiger partial charge in [-0.15, -0.1) is 11.3 Å². The molecule has 3 heterocycles. The van der Waals surface area contributed by atoms with E-state index in [4.69, 9.17) is 4.52 Å². The van der Waals surface area contributed by atoms with Crippen LogP contribution in [0.3, 0.4) is 0 Å². The van der Waals surface area contributed by atoms with E-state index in [1.54, 1.807) is 11.3 Å². The summed E-state index contributed by atoms with van der Waals surface area (Å²) in [5.74, 6) is 1.37. The molecule has 3 rings (SSSR count). The lowest BCUT2D eigenvalue weighted by Crippen LogP contribution is -2.42. The number of nitrogens with zero attached hydrogens (tertiary/aromatic N) is 3. The third-order valence-corrected chi connectivity index (χ3v) is 4.51. The smallest absolute Gasteiger partial charge is 0.241 e. The molecule has 1 aliphatic rings. The quantitative estimate of drug-likeness (QED) is 0.933. The molecule has 0 amide bonds. The van der Waals surface area contributed by atoms with Crippen LogP contribution >= 0.6 is 27.3 Å². The van der Waals surface area contributed by atoms with E-state index in [1.165, 1.54) is 0 Å². The molecule has 0 aromatic carbocycles. The Bertz CT molecular complexity index is 521. The van der Waals surface area contributed by atoms with Crippen molar-refractivity contribution in [1.29, 1.82) is 0 Å². The zero-order valence-corrected chi connectivity index (χ0v) is 12.1. The number of piperazine rings is 1. The summed E-state index contributed by atoms with van der Waals surface area (Å²) in [6.07, 6.45) is 0. The number of rotatable bonds is 3. The van der Waals surface area contributed by atoms with Crippen molar-refractivity contribution < 1.29 is 4.52 Å². The highest BCUT2D eigenvalue weighted by molar-refractivity contribution is 9.10. The SMILES string of the molecule is Brc1csc(-c2noc(CN3CCNCC3)n2)c1. The highest BCUT2D eigenvalue weighted by atomic mass is 79.9. The molecule has 1 N–H and O–H groups in total. The van der Waals surface area contributed by atoms with Crippen LogP contribution in [0, 0.1) is 0 Å². The van der Waals surface area contributed by atoms with Crippen molar-refractivity contribution in [3.8, 4) is 10.7 Å². The second kappa shape index (κ2) is 5.48. The lowest BCUT2D eigenvalue weighted by molar-refractivity contribution is 0.203. The molecular weight excluding hydrogens is 316 g/mol.